The molecule has 0 aromatic heterocycles. The number of methoxy groups -OCH3 is 1. The lowest BCUT2D eigenvalue weighted by atomic mass is 9.96. The molecule has 20 heavy (non-hydrogen) atoms. The maximum Gasteiger partial charge on any atom is 0.337 e. The number of esters is 1. The number of carbonyl (C=O) groups excluding carboxylic acids is 2. The van der Waals surface area contributed by atoms with Gasteiger partial charge in [0.05, 0.1) is 12.7 Å². The zero-order valence-electron chi connectivity index (χ0n) is 11.7. The van der Waals surface area contributed by atoms with Gasteiger partial charge in [0.15, 0.2) is 0 Å². The molecule has 0 atom stereocenters. The van der Waals surface area contributed by atoms with Crippen molar-refractivity contribution in [3.63, 3.8) is 0 Å². The van der Waals surface area contributed by atoms with E-state index in [-0.39, 0.29) is 17.8 Å². The fraction of sp³-hybridized carbons (Fsp3) is 0.467. The molecule has 1 amide bonds. The highest BCUT2D eigenvalue weighted by Gasteiger charge is 2.22. The minimum atomic E-state index is -0.321. The summed E-state index contributed by atoms with van der Waals surface area (Å²) in [6.07, 6.45) is 1.66. The second-order valence-corrected chi connectivity index (χ2v) is 5.14. The molecule has 1 aromatic rings. The van der Waals surface area contributed by atoms with Crippen molar-refractivity contribution in [2.75, 3.05) is 20.2 Å². The van der Waals surface area contributed by atoms with Gasteiger partial charge in [-0.2, -0.15) is 0 Å². The first-order valence-electron chi connectivity index (χ1n) is 6.79. The Morgan fingerprint density at radius 3 is 2.35 bits per heavy atom. The minimum Gasteiger partial charge on any atom is -0.465 e. The first-order chi connectivity index (χ1) is 9.60. The molecule has 0 spiro atoms. The number of hydrogen-bond donors (Lipinski definition) is 1. The van der Waals surface area contributed by atoms with Gasteiger partial charge in [-0.15, -0.1) is 0 Å². The first kappa shape index (κ1) is 14.5. The predicted molar refractivity (Wildman–Crippen MR) is 75.0 cm³/mol. The van der Waals surface area contributed by atoms with E-state index in [1.54, 1.807) is 12.1 Å². The fourth-order valence-corrected chi connectivity index (χ4v) is 2.50. The Labute approximate surface area is 118 Å². The predicted octanol–water partition coefficient (Wildman–Crippen LogP) is 1.17. The normalized spacial score (nSPS) is 16.9. The number of rotatable bonds is 4. The van der Waals surface area contributed by atoms with Gasteiger partial charge >= 0.3 is 5.97 Å². The van der Waals surface area contributed by atoms with Crippen LogP contribution in [-0.2, 0) is 16.1 Å². The average Bonchev–Trinajstić information content (AvgIpc) is 2.48. The number of benzene rings is 1. The molecular weight excluding hydrogens is 256 g/mol. The van der Waals surface area contributed by atoms with Gasteiger partial charge in [0, 0.05) is 12.5 Å². The van der Waals surface area contributed by atoms with Crippen LogP contribution in [0.1, 0.15) is 28.8 Å². The average molecular weight is 276 g/mol. The number of hydrogen-bond acceptors (Lipinski definition) is 4. The third-order valence-electron chi connectivity index (χ3n) is 3.77. The van der Waals surface area contributed by atoms with Crippen molar-refractivity contribution in [1.82, 2.24) is 4.90 Å². The Hall–Kier alpha value is -1.88. The van der Waals surface area contributed by atoms with E-state index >= 15 is 0 Å². The van der Waals surface area contributed by atoms with Crippen LogP contribution < -0.4 is 5.73 Å². The van der Waals surface area contributed by atoms with Crippen LogP contribution in [-0.4, -0.2) is 37.0 Å². The van der Waals surface area contributed by atoms with Crippen LogP contribution >= 0.6 is 0 Å². The van der Waals surface area contributed by atoms with Gasteiger partial charge in [-0.05, 0) is 43.6 Å². The molecule has 108 valence electrons. The largest absolute Gasteiger partial charge is 0.465 e. The van der Waals surface area contributed by atoms with E-state index in [1.165, 1.54) is 7.11 Å². The quantitative estimate of drug-likeness (QED) is 0.838. The SMILES string of the molecule is COC(=O)c1ccc(CN2CCC(C(N)=O)CC2)cc1. The van der Waals surface area contributed by atoms with Gasteiger partial charge in [-0.1, -0.05) is 12.1 Å². The van der Waals surface area contributed by atoms with E-state index in [9.17, 15) is 9.59 Å². The molecular formula is C15H20N2O3. The van der Waals surface area contributed by atoms with Crippen LogP contribution in [0.2, 0.25) is 0 Å². The summed E-state index contributed by atoms with van der Waals surface area (Å²) in [6.45, 7) is 2.59. The standard InChI is InChI=1S/C15H20N2O3/c1-20-15(19)13-4-2-11(3-5-13)10-17-8-6-12(7-9-17)14(16)18/h2-5,12H,6-10H2,1H3,(H2,16,18). The molecule has 1 fully saturated rings. The van der Waals surface area contributed by atoms with Crippen molar-refractivity contribution in [1.29, 1.82) is 0 Å². The van der Waals surface area contributed by atoms with Gasteiger partial charge < -0.3 is 10.5 Å². The van der Waals surface area contributed by atoms with Crippen molar-refractivity contribution in [2.45, 2.75) is 19.4 Å². The molecule has 2 N–H and O–H groups in total. The number of piperidine rings is 1. The molecule has 1 heterocycles. The summed E-state index contributed by atoms with van der Waals surface area (Å²) >= 11 is 0. The maximum atomic E-state index is 11.3. The first-order valence-corrected chi connectivity index (χ1v) is 6.79. The van der Waals surface area contributed by atoms with Crippen LogP contribution in [0.5, 0.6) is 0 Å². The van der Waals surface area contributed by atoms with Gasteiger partial charge in [-0.3, -0.25) is 9.69 Å². The molecule has 1 aromatic carbocycles. The van der Waals surface area contributed by atoms with Gasteiger partial charge in [-0.25, -0.2) is 4.79 Å². The zero-order chi connectivity index (χ0) is 14.5. The molecule has 1 aliphatic heterocycles. The second kappa shape index (κ2) is 6.52. The number of nitrogens with two attached hydrogens (primary N) is 1. The lowest BCUT2D eigenvalue weighted by Crippen LogP contribution is -2.38. The van der Waals surface area contributed by atoms with Crippen LogP contribution in [0.15, 0.2) is 24.3 Å². The molecule has 5 heteroatoms. The second-order valence-electron chi connectivity index (χ2n) is 5.14. The van der Waals surface area contributed by atoms with Crippen LogP contribution in [0, 0.1) is 5.92 Å². The van der Waals surface area contributed by atoms with Crippen molar-refractivity contribution >= 4 is 11.9 Å². The third kappa shape index (κ3) is 3.57. The Bertz CT molecular complexity index is 476. The van der Waals surface area contributed by atoms with E-state index in [4.69, 9.17) is 5.73 Å². The fourth-order valence-electron chi connectivity index (χ4n) is 2.50. The van der Waals surface area contributed by atoms with Crippen LogP contribution in [0.25, 0.3) is 0 Å². The van der Waals surface area contributed by atoms with Crippen molar-refractivity contribution in [3.05, 3.63) is 35.4 Å². The smallest absolute Gasteiger partial charge is 0.337 e. The number of ether oxygens (including phenoxy) is 1. The van der Waals surface area contributed by atoms with E-state index in [2.05, 4.69) is 9.64 Å². The summed E-state index contributed by atoms with van der Waals surface area (Å²) in [7, 11) is 1.37. The number of carbonyl (C=O) groups is 2. The summed E-state index contributed by atoms with van der Waals surface area (Å²) < 4.78 is 4.67. The Balaban J connectivity index is 1.88. The number of primary amides is 1. The highest BCUT2D eigenvalue weighted by Crippen LogP contribution is 2.18. The highest BCUT2D eigenvalue weighted by molar-refractivity contribution is 5.89. The van der Waals surface area contributed by atoms with Crippen molar-refractivity contribution in [2.24, 2.45) is 11.7 Å². The summed E-state index contributed by atoms with van der Waals surface area (Å²) in [5, 5.41) is 0. The summed E-state index contributed by atoms with van der Waals surface area (Å²) in [4.78, 5) is 24.7. The molecule has 0 aliphatic carbocycles. The topological polar surface area (TPSA) is 72.6 Å². The molecule has 0 unspecified atom stereocenters. The molecule has 0 bridgehead atoms. The minimum absolute atomic E-state index is 0.0213. The number of likely N-dealkylation sites (tertiary alicyclic amines) is 1. The summed E-state index contributed by atoms with van der Waals surface area (Å²) in [5.41, 5.74) is 7.03. The van der Waals surface area contributed by atoms with Crippen molar-refractivity contribution in [3.8, 4) is 0 Å². The summed E-state index contributed by atoms with van der Waals surface area (Å²) in [6, 6.07) is 7.42. The van der Waals surface area contributed by atoms with Crippen LogP contribution in [0.4, 0.5) is 0 Å². The van der Waals surface area contributed by atoms with Gasteiger partial charge in [0.1, 0.15) is 0 Å². The third-order valence-corrected chi connectivity index (χ3v) is 3.77. The van der Waals surface area contributed by atoms with Crippen LogP contribution in [0.3, 0.4) is 0 Å². The Kier molecular flexibility index (Phi) is 4.74. The molecule has 5 nitrogen and oxygen atoms in total. The maximum absolute atomic E-state index is 11.3. The molecule has 1 saturated heterocycles. The zero-order valence-corrected chi connectivity index (χ0v) is 11.7. The van der Waals surface area contributed by atoms with Gasteiger partial charge in [0.25, 0.3) is 0 Å². The number of nitrogens with zero attached hydrogens (tertiary/aromatic N) is 1. The van der Waals surface area contributed by atoms with E-state index in [0.717, 1.165) is 38.0 Å². The molecule has 0 saturated carbocycles. The Morgan fingerprint density at radius 2 is 1.85 bits per heavy atom. The van der Waals surface area contributed by atoms with Gasteiger partial charge in [0.2, 0.25) is 5.91 Å². The number of amides is 1. The Morgan fingerprint density at radius 1 is 1.25 bits per heavy atom. The molecule has 1 aliphatic rings. The van der Waals surface area contributed by atoms with E-state index in [0.29, 0.717) is 5.56 Å². The summed E-state index contributed by atoms with van der Waals surface area (Å²) in [5.74, 6) is -0.487. The lowest BCUT2D eigenvalue weighted by Gasteiger charge is -2.30. The lowest BCUT2D eigenvalue weighted by molar-refractivity contribution is -0.123. The molecule has 2 rings (SSSR count). The monoisotopic (exact) mass is 276 g/mol. The van der Waals surface area contributed by atoms with Crippen molar-refractivity contribution < 1.29 is 14.3 Å². The van der Waals surface area contributed by atoms with E-state index < -0.39 is 0 Å². The van der Waals surface area contributed by atoms with E-state index in [1.807, 2.05) is 12.1 Å². The highest BCUT2D eigenvalue weighted by atomic mass is 16.5. The molecule has 0 radical (unpaired) electrons.